The Morgan fingerprint density at radius 2 is 2.30 bits per heavy atom. The summed E-state index contributed by atoms with van der Waals surface area (Å²) in [6.45, 7) is 1.71. The van der Waals surface area contributed by atoms with Crippen LogP contribution in [0.25, 0.3) is 10.9 Å². The molecule has 5 heteroatoms. The van der Waals surface area contributed by atoms with E-state index in [0.29, 0.717) is 31.1 Å². The number of carbonyl (C=O) groups excluding carboxylic acids is 1. The number of benzene rings is 1. The second-order valence-corrected chi connectivity index (χ2v) is 4.83. The number of aliphatic hydroxyl groups is 1. The first kappa shape index (κ1) is 13.0. The van der Waals surface area contributed by atoms with Crippen LogP contribution in [-0.4, -0.2) is 48.8 Å². The summed E-state index contributed by atoms with van der Waals surface area (Å²) in [6, 6.07) is 9.57. The number of nitrogens with zero attached hydrogens (tertiary/aromatic N) is 2. The average Bonchev–Trinajstić information content (AvgIpc) is 2.53. The Morgan fingerprint density at radius 1 is 1.45 bits per heavy atom. The van der Waals surface area contributed by atoms with Gasteiger partial charge >= 0.3 is 0 Å². The van der Waals surface area contributed by atoms with Crippen molar-refractivity contribution >= 4 is 23.0 Å². The quantitative estimate of drug-likeness (QED) is 0.852. The molecule has 0 amide bonds. The lowest BCUT2D eigenvalue weighted by Crippen LogP contribution is -2.44. The monoisotopic (exact) mass is 272 g/mol. The van der Waals surface area contributed by atoms with Crippen molar-refractivity contribution in [1.82, 2.24) is 4.98 Å². The molecule has 104 valence electrons. The molecule has 0 aliphatic carbocycles. The maximum Gasteiger partial charge on any atom is 0.153 e. The maximum atomic E-state index is 11.3. The Bertz CT molecular complexity index is 630. The van der Waals surface area contributed by atoms with Gasteiger partial charge in [0.1, 0.15) is 5.82 Å². The van der Waals surface area contributed by atoms with Crippen LogP contribution in [0.5, 0.6) is 0 Å². The minimum Gasteiger partial charge on any atom is -0.394 e. The van der Waals surface area contributed by atoms with Crippen LogP contribution in [0.3, 0.4) is 0 Å². The van der Waals surface area contributed by atoms with Crippen LogP contribution in [0.1, 0.15) is 10.4 Å². The zero-order valence-corrected chi connectivity index (χ0v) is 11.0. The lowest BCUT2D eigenvalue weighted by atomic mass is 10.1. The van der Waals surface area contributed by atoms with E-state index >= 15 is 0 Å². The molecule has 0 spiro atoms. The van der Waals surface area contributed by atoms with Gasteiger partial charge in [0.15, 0.2) is 6.29 Å². The number of hydrogen-bond acceptors (Lipinski definition) is 5. The third kappa shape index (κ3) is 2.37. The second-order valence-electron chi connectivity index (χ2n) is 4.83. The molecule has 1 unspecified atom stereocenters. The third-order valence-corrected chi connectivity index (χ3v) is 3.50. The van der Waals surface area contributed by atoms with Gasteiger partial charge in [-0.05, 0) is 12.1 Å². The van der Waals surface area contributed by atoms with Gasteiger partial charge in [0, 0.05) is 18.5 Å². The normalized spacial score (nSPS) is 19.2. The Balaban J connectivity index is 2.02. The van der Waals surface area contributed by atoms with Crippen LogP contribution in [0, 0.1) is 0 Å². The number of carbonyl (C=O) groups is 1. The van der Waals surface area contributed by atoms with E-state index in [0.717, 1.165) is 17.2 Å². The van der Waals surface area contributed by atoms with Crippen molar-refractivity contribution in [3.05, 3.63) is 35.9 Å². The molecule has 1 fully saturated rings. The minimum absolute atomic E-state index is 0.0273. The van der Waals surface area contributed by atoms with Gasteiger partial charge in [-0.25, -0.2) is 4.98 Å². The molecule has 1 aliphatic rings. The van der Waals surface area contributed by atoms with Crippen LogP contribution in [0.2, 0.25) is 0 Å². The summed E-state index contributed by atoms with van der Waals surface area (Å²) in [6.07, 6.45) is 0.606. The SMILES string of the molecule is O=Cc1cc2ccccc2nc1N1CCOC(CO)C1. The van der Waals surface area contributed by atoms with Crippen molar-refractivity contribution < 1.29 is 14.6 Å². The van der Waals surface area contributed by atoms with Gasteiger partial charge in [0.2, 0.25) is 0 Å². The fourth-order valence-corrected chi connectivity index (χ4v) is 2.48. The molecule has 1 saturated heterocycles. The van der Waals surface area contributed by atoms with E-state index in [9.17, 15) is 9.90 Å². The molecule has 0 bridgehead atoms. The number of morpholine rings is 1. The van der Waals surface area contributed by atoms with Crippen molar-refractivity contribution in [3.63, 3.8) is 0 Å². The van der Waals surface area contributed by atoms with E-state index < -0.39 is 0 Å². The molecule has 1 aromatic heterocycles. The number of rotatable bonds is 3. The summed E-state index contributed by atoms with van der Waals surface area (Å²) in [4.78, 5) is 17.9. The zero-order chi connectivity index (χ0) is 13.9. The fraction of sp³-hybridized carbons (Fsp3) is 0.333. The molecule has 2 heterocycles. The lowest BCUT2D eigenvalue weighted by molar-refractivity contribution is 0.00335. The summed E-state index contributed by atoms with van der Waals surface area (Å²) in [5.74, 6) is 0.667. The highest BCUT2D eigenvalue weighted by Crippen LogP contribution is 2.24. The standard InChI is InChI=1S/C15H16N2O3/c18-9-12-7-11-3-1-2-4-14(11)16-15(12)17-5-6-20-13(8-17)10-19/h1-4,7,9,13,19H,5-6,8,10H2. The molecule has 0 saturated carbocycles. The molecule has 1 atom stereocenters. The number of anilines is 1. The number of aliphatic hydroxyl groups excluding tert-OH is 1. The van der Waals surface area contributed by atoms with Crippen LogP contribution < -0.4 is 4.90 Å². The summed E-state index contributed by atoms with van der Waals surface area (Å²) < 4.78 is 5.43. The molecule has 5 nitrogen and oxygen atoms in total. The molecule has 1 aliphatic heterocycles. The van der Waals surface area contributed by atoms with Crippen LogP contribution in [0.4, 0.5) is 5.82 Å². The summed E-state index contributed by atoms with van der Waals surface area (Å²) in [5.41, 5.74) is 1.43. The molecule has 0 radical (unpaired) electrons. The van der Waals surface area contributed by atoms with Gasteiger partial charge < -0.3 is 14.7 Å². The lowest BCUT2D eigenvalue weighted by Gasteiger charge is -2.33. The van der Waals surface area contributed by atoms with Gasteiger partial charge in [-0.1, -0.05) is 18.2 Å². The highest BCUT2D eigenvalue weighted by atomic mass is 16.5. The number of aromatic nitrogens is 1. The Kier molecular flexibility index (Phi) is 3.62. The Morgan fingerprint density at radius 3 is 3.10 bits per heavy atom. The molecule has 1 aromatic carbocycles. The summed E-state index contributed by atoms with van der Waals surface area (Å²) >= 11 is 0. The molecular formula is C15H16N2O3. The largest absolute Gasteiger partial charge is 0.394 e. The van der Waals surface area contributed by atoms with Gasteiger partial charge in [0.25, 0.3) is 0 Å². The second kappa shape index (κ2) is 5.56. The molecule has 20 heavy (non-hydrogen) atoms. The first-order valence-electron chi connectivity index (χ1n) is 6.64. The van der Waals surface area contributed by atoms with Crippen molar-refractivity contribution in [3.8, 4) is 0 Å². The van der Waals surface area contributed by atoms with Crippen molar-refractivity contribution in [2.75, 3.05) is 31.2 Å². The molecular weight excluding hydrogens is 256 g/mol. The van der Waals surface area contributed by atoms with E-state index in [4.69, 9.17) is 4.74 Å². The van der Waals surface area contributed by atoms with Crippen LogP contribution >= 0.6 is 0 Å². The van der Waals surface area contributed by atoms with Crippen LogP contribution in [-0.2, 0) is 4.74 Å². The number of ether oxygens (including phenoxy) is 1. The van der Waals surface area contributed by atoms with Crippen molar-refractivity contribution in [2.45, 2.75) is 6.10 Å². The molecule has 2 aromatic rings. The highest BCUT2D eigenvalue weighted by Gasteiger charge is 2.23. The Labute approximate surface area is 116 Å². The predicted octanol–water partition coefficient (Wildman–Crippen LogP) is 1.24. The topological polar surface area (TPSA) is 62.7 Å². The average molecular weight is 272 g/mol. The predicted molar refractivity (Wildman–Crippen MR) is 76.2 cm³/mol. The van der Waals surface area contributed by atoms with Gasteiger partial charge in [-0.2, -0.15) is 0 Å². The van der Waals surface area contributed by atoms with E-state index in [-0.39, 0.29) is 12.7 Å². The Hall–Kier alpha value is -1.98. The molecule has 1 N–H and O–H groups in total. The molecule has 3 rings (SSSR count). The number of pyridine rings is 1. The zero-order valence-electron chi connectivity index (χ0n) is 11.0. The van der Waals surface area contributed by atoms with Gasteiger partial charge in [0.05, 0.1) is 30.4 Å². The van der Waals surface area contributed by atoms with Gasteiger partial charge in [-0.15, -0.1) is 0 Å². The third-order valence-electron chi connectivity index (χ3n) is 3.50. The first-order valence-corrected chi connectivity index (χ1v) is 6.64. The highest BCUT2D eigenvalue weighted by molar-refractivity contribution is 5.91. The van der Waals surface area contributed by atoms with Crippen LogP contribution in [0.15, 0.2) is 30.3 Å². The fourth-order valence-electron chi connectivity index (χ4n) is 2.48. The number of aldehydes is 1. The number of fused-ring (bicyclic) bond motifs is 1. The van der Waals surface area contributed by atoms with E-state index in [1.54, 1.807) is 0 Å². The maximum absolute atomic E-state index is 11.3. The van der Waals surface area contributed by atoms with E-state index in [2.05, 4.69) is 4.98 Å². The number of hydrogen-bond donors (Lipinski definition) is 1. The summed E-state index contributed by atoms with van der Waals surface area (Å²) in [5, 5.41) is 10.2. The van der Waals surface area contributed by atoms with Crippen molar-refractivity contribution in [2.24, 2.45) is 0 Å². The van der Waals surface area contributed by atoms with E-state index in [1.807, 2.05) is 35.2 Å². The van der Waals surface area contributed by atoms with E-state index in [1.165, 1.54) is 0 Å². The van der Waals surface area contributed by atoms with Gasteiger partial charge in [-0.3, -0.25) is 4.79 Å². The van der Waals surface area contributed by atoms with Crippen molar-refractivity contribution in [1.29, 1.82) is 0 Å². The smallest absolute Gasteiger partial charge is 0.153 e. The minimum atomic E-state index is -0.225. The number of para-hydroxylation sites is 1. The summed E-state index contributed by atoms with van der Waals surface area (Å²) in [7, 11) is 0. The first-order chi connectivity index (χ1) is 9.81.